The number of fused-ring (bicyclic) bond motifs is 1. The van der Waals surface area contributed by atoms with Crippen LogP contribution in [0.15, 0.2) is 30.6 Å². The number of nitrogens with one attached hydrogen (secondary N) is 3. The van der Waals surface area contributed by atoms with Crippen molar-refractivity contribution >= 4 is 45.7 Å². The first kappa shape index (κ1) is 18.5. The third-order valence-electron chi connectivity index (χ3n) is 4.36. The lowest BCUT2D eigenvalue weighted by molar-refractivity contribution is 0.122. The molecule has 1 saturated heterocycles. The Morgan fingerprint density at radius 3 is 2.68 bits per heavy atom. The van der Waals surface area contributed by atoms with Crippen LogP contribution in [-0.2, 0) is 4.74 Å². The van der Waals surface area contributed by atoms with Crippen LogP contribution in [-0.4, -0.2) is 42.3 Å². The summed E-state index contributed by atoms with van der Waals surface area (Å²) < 4.78 is 32.1. The Labute approximate surface area is 163 Å². The van der Waals surface area contributed by atoms with Gasteiger partial charge in [-0.2, -0.15) is 0 Å². The van der Waals surface area contributed by atoms with Gasteiger partial charge in [0, 0.05) is 30.7 Å². The van der Waals surface area contributed by atoms with Crippen molar-refractivity contribution in [2.75, 3.05) is 41.8 Å². The molecule has 1 aliphatic rings. The van der Waals surface area contributed by atoms with Crippen LogP contribution < -0.4 is 15.5 Å². The van der Waals surface area contributed by atoms with E-state index in [0.717, 1.165) is 12.1 Å². The number of H-pyrrole nitrogens is 1. The summed E-state index contributed by atoms with van der Waals surface area (Å²) in [4.78, 5) is 21.4. The zero-order chi connectivity index (χ0) is 19.7. The third-order valence-corrected chi connectivity index (χ3v) is 4.64. The van der Waals surface area contributed by atoms with E-state index in [1.54, 1.807) is 6.07 Å². The van der Waals surface area contributed by atoms with E-state index in [9.17, 15) is 13.6 Å². The van der Waals surface area contributed by atoms with Crippen LogP contribution in [0.4, 0.5) is 30.8 Å². The number of anilines is 3. The molecule has 0 saturated carbocycles. The van der Waals surface area contributed by atoms with Crippen LogP contribution in [0, 0.1) is 11.6 Å². The molecule has 0 unspecified atom stereocenters. The molecule has 3 N–H and O–H groups in total. The lowest BCUT2D eigenvalue weighted by Gasteiger charge is -2.28. The second kappa shape index (κ2) is 7.61. The quantitative estimate of drug-likeness (QED) is 0.613. The molecule has 3 heterocycles. The van der Waals surface area contributed by atoms with Crippen molar-refractivity contribution < 1.29 is 18.3 Å². The summed E-state index contributed by atoms with van der Waals surface area (Å²) in [5.41, 5.74) is 1.08. The lowest BCUT2D eigenvalue weighted by Crippen LogP contribution is -2.37. The second-order valence-electron chi connectivity index (χ2n) is 6.22. The number of hydrogen-bond donors (Lipinski definition) is 3. The van der Waals surface area contributed by atoms with Gasteiger partial charge in [-0.3, -0.25) is 0 Å². The number of amides is 2. The fourth-order valence-electron chi connectivity index (χ4n) is 3.01. The Morgan fingerprint density at radius 1 is 1.18 bits per heavy atom. The van der Waals surface area contributed by atoms with Crippen molar-refractivity contribution in [3.8, 4) is 0 Å². The van der Waals surface area contributed by atoms with E-state index in [4.69, 9.17) is 16.3 Å². The van der Waals surface area contributed by atoms with E-state index >= 15 is 0 Å². The van der Waals surface area contributed by atoms with E-state index in [1.165, 1.54) is 12.4 Å². The Hall–Kier alpha value is -2.91. The van der Waals surface area contributed by atoms with E-state index < -0.39 is 17.7 Å². The summed E-state index contributed by atoms with van der Waals surface area (Å²) in [6.07, 6.45) is 2.95. The number of halogens is 3. The highest BCUT2D eigenvalue weighted by Crippen LogP contribution is 2.28. The molecule has 0 aliphatic carbocycles. The number of pyridine rings is 1. The fourth-order valence-corrected chi connectivity index (χ4v) is 3.30. The topological polar surface area (TPSA) is 82.3 Å². The monoisotopic (exact) mass is 407 g/mol. The van der Waals surface area contributed by atoms with Crippen LogP contribution in [0.1, 0.15) is 0 Å². The summed E-state index contributed by atoms with van der Waals surface area (Å²) in [5, 5.41) is 5.97. The number of hydrogen-bond acceptors (Lipinski definition) is 4. The summed E-state index contributed by atoms with van der Waals surface area (Å²) in [6.45, 7) is 2.60. The van der Waals surface area contributed by atoms with Gasteiger partial charge >= 0.3 is 6.03 Å². The maximum absolute atomic E-state index is 13.5. The van der Waals surface area contributed by atoms with Crippen LogP contribution in [0.2, 0.25) is 5.02 Å². The minimum absolute atomic E-state index is 0.315. The molecule has 146 valence electrons. The van der Waals surface area contributed by atoms with E-state index in [2.05, 4.69) is 20.6 Å². The molecule has 3 aromatic rings. The van der Waals surface area contributed by atoms with Crippen molar-refractivity contribution in [3.05, 3.63) is 47.2 Å². The number of aromatic amines is 1. The molecule has 4 rings (SSSR count). The van der Waals surface area contributed by atoms with Crippen molar-refractivity contribution in [2.24, 2.45) is 0 Å². The average molecular weight is 408 g/mol. The maximum atomic E-state index is 13.5. The predicted octanol–water partition coefficient (Wildman–Crippen LogP) is 3.98. The van der Waals surface area contributed by atoms with E-state index in [0.29, 0.717) is 59.4 Å². The summed E-state index contributed by atoms with van der Waals surface area (Å²) in [6, 6.07) is 3.08. The summed E-state index contributed by atoms with van der Waals surface area (Å²) >= 11 is 6.30. The Morgan fingerprint density at radius 2 is 1.93 bits per heavy atom. The van der Waals surface area contributed by atoms with E-state index in [1.807, 2.05) is 4.90 Å². The molecule has 28 heavy (non-hydrogen) atoms. The SMILES string of the molecule is O=C(Nc1cnc(N2CCOCC2)c(Cl)c1)Nc1c[nH]c2cc(F)c(F)cc12. The number of carbonyl (C=O) groups excluding carboxylic acids is 1. The number of urea groups is 1. The minimum Gasteiger partial charge on any atom is -0.378 e. The number of nitrogens with zero attached hydrogens (tertiary/aromatic N) is 2. The average Bonchev–Trinajstić information content (AvgIpc) is 3.04. The van der Waals surface area contributed by atoms with Crippen molar-refractivity contribution in [1.82, 2.24) is 9.97 Å². The molecular formula is C18H16ClF2N5O2. The molecule has 7 nitrogen and oxygen atoms in total. The minimum atomic E-state index is -0.995. The fraction of sp³-hybridized carbons (Fsp3) is 0.222. The van der Waals surface area contributed by atoms with Gasteiger partial charge in [0.05, 0.1) is 41.3 Å². The highest BCUT2D eigenvalue weighted by Gasteiger charge is 2.17. The molecule has 0 radical (unpaired) electrons. The normalized spacial score (nSPS) is 14.3. The van der Waals surface area contributed by atoms with Crippen LogP contribution in [0.3, 0.4) is 0 Å². The van der Waals surface area contributed by atoms with Gasteiger partial charge in [-0.05, 0) is 12.1 Å². The number of carbonyl (C=O) groups is 1. The van der Waals surface area contributed by atoms with Crippen LogP contribution in [0.5, 0.6) is 0 Å². The van der Waals surface area contributed by atoms with Crippen molar-refractivity contribution in [3.63, 3.8) is 0 Å². The molecule has 0 atom stereocenters. The smallest absolute Gasteiger partial charge is 0.323 e. The number of rotatable bonds is 3. The second-order valence-corrected chi connectivity index (χ2v) is 6.63. The van der Waals surface area contributed by atoms with E-state index in [-0.39, 0.29) is 0 Å². The Kier molecular flexibility index (Phi) is 5.01. The standard InChI is InChI=1S/C18H16ClF2N5O2/c19-12-5-10(8-23-17(12)26-1-3-28-4-2-26)24-18(27)25-16-9-22-15-7-14(21)13(20)6-11(15)16/h5-9,22H,1-4H2,(H2,24,25,27). The van der Waals surface area contributed by atoms with Gasteiger partial charge in [-0.25, -0.2) is 18.6 Å². The first-order valence-corrected chi connectivity index (χ1v) is 8.91. The first-order chi connectivity index (χ1) is 13.5. The first-order valence-electron chi connectivity index (χ1n) is 8.53. The molecule has 0 bridgehead atoms. The van der Waals surface area contributed by atoms with Crippen molar-refractivity contribution in [2.45, 2.75) is 0 Å². The van der Waals surface area contributed by atoms with Crippen LogP contribution >= 0.6 is 11.6 Å². The van der Waals surface area contributed by atoms with Gasteiger partial charge in [-0.1, -0.05) is 11.6 Å². The zero-order valence-electron chi connectivity index (χ0n) is 14.6. The summed E-state index contributed by atoms with van der Waals surface area (Å²) in [5.74, 6) is -1.33. The highest BCUT2D eigenvalue weighted by atomic mass is 35.5. The van der Waals surface area contributed by atoms with Crippen LogP contribution in [0.25, 0.3) is 10.9 Å². The highest BCUT2D eigenvalue weighted by molar-refractivity contribution is 6.33. The number of morpholine rings is 1. The zero-order valence-corrected chi connectivity index (χ0v) is 15.3. The number of benzene rings is 1. The Balaban J connectivity index is 1.46. The van der Waals surface area contributed by atoms with Gasteiger partial charge < -0.3 is 25.3 Å². The molecular weight excluding hydrogens is 392 g/mol. The number of ether oxygens (including phenoxy) is 1. The molecule has 2 aromatic heterocycles. The lowest BCUT2D eigenvalue weighted by atomic mass is 10.2. The largest absolute Gasteiger partial charge is 0.378 e. The summed E-state index contributed by atoms with van der Waals surface area (Å²) in [7, 11) is 0. The predicted molar refractivity (Wildman–Crippen MR) is 103 cm³/mol. The van der Waals surface area contributed by atoms with Gasteiger partial charge in [-0.15, -0.1) is 0 Å². The molecule has 0 spiro atoms. The molecule has 1 aliphatic heterocycles. The van der Waals surface area contributed by atoms with Crippen molar-refractivity contribution in [1.29, 1.82) is 0 Å². The van der Waals surface area contributed by atoms with Gasteiger partial charge in [0.25, 0.3) is 0 Å². The van der Waals surface area contributed by atoms with Gasteiger partial charge in [0.1, 0.15) is 5.82 Å². The number of aromatic nitrogens is 2. The van der Waals surface area contributed by atoms with Gasteiger partial charge in [0.15, 0.2) is 11.6 Å². The molecule has 10 heteroatoms. The Bertz CT molecular complexity index is 1040. The maximum Gasteiger partial charge on any atom is 0.323 e. The molecule has 1 aromatic carbocycles. The molecule has 1 fully saturated rings. The molecule has 2 amide bonds. The van der Waals surface area contributed by atoms with Gasteiger partial charge in [0.2, 0.25) is 0 Å². The third kappa shape index (κ3) is 3.71.